The van der Waals surface area contributed by atoms with Gasteiger partial charge in [-0.3, -0.25) is 14.7 Å². The summed E-state index contributed by atoms with van der Waals surface area (Å²) >= 11 is 5.93. The van der Waals surface area contributed by atoms with Crippen LogP contribution in [0.5, 0.6) is 0 Å². The summed E-state index contributed by atoms with van der Waals surface area (Å²) < 4.78 is 10.2. The first-order chi connectivity index (χ1) is 9.17. The number of morpholine rings is 1. The lowest BCUT2D eigenvalue weighted by molar-refractivity contribution is -0.145. The van der Waals surface area contributed by atoms with Crippen molar-refractivity contribution < 1.29 is 14.3 Å². The van der Waals surface area contributed by atoms with Gasteiger partial charge in [0.05, 0.1) is 31.9 Å². The van der Waals surface area contributed by atoms with Gasteiger partial charge >= 0.3 is 5.97 Å². The number of aromatic nitrogens is 1. The van der Waals surface area contributed by atoms with E-state index >= 15 is 0 Å². The topological polar surface area (TPSA) is 51.7 Å². The SMILES string of the molecule is COC(=O)CC1CN(Cc2cc(Cl)ccn2)CCO1. The Labute approximate surface area is 117 Å². The van der Waals surface area contributed by atoms with Crippen LogP contribution in [0.15, 0.2) is 18.3 Å². The minimum Gasteiger partial charge on any atom is -0.469 e. The van der Waals surface area contributed by atoms with Gasteiger partial charge in [0, 0.05) is 30.9 Å². The minimum atomic E-state index is -0.243. The average Bonchev–Trinajstić information content (AvgIpc) is 2.39. The number of methoxy groups -OCH3 is 1. The van der Waals surface area contributed by atoms with Gasteiger partial charge in [0.2, 0.25) is 0 Å². The molecule has 1 aromatic heterocycles. The molecule has 0 radical (unpaired) electrons. The Balaban J connectivity index is 1.89. The maximum atomic E-state index is 11.2. The van der Waals surface area contributed by atoms with Crippen LogP contribution < -0.4 is 0 Å². The fraction of sp³-hybridized carbons (Fsp3) is 0.538. The Kier molecular flexibility index (Phi) is 5.13. The molecular formula is C13H17ClN2O3. The van der Waals surface area contributed by atoms with Crippen molar-refractivity contribution in [3.8, 4) is 0 Å². The Morgan fingerprint density at radius 1 is 1.68 bits per heavy atom. The molecule has 1 aliphatic rings. The number of carbonyl (C=O) groups is 1. The molecule has 19 heavy (non-hydrogen) atoms. The lowest BCUT2D eigenvalue weighted by atomic mass is 10.2. The second-order valence-electron chi connectivity index (χ2n) is 4.47. The number of hydrogen-bond donors (Lipinski definition) is 0. The van der Waals surface area contributed by atoms with E-state index in [4.69, 9.17) is 16.3 Å². The summed E-state index contributed by atoms with van der Waals surface area (Å²) in [6, 6.07) is 3.61. The molecule has 5 nitrogen and oxygen atoms in total. The van der Waals surface area contributed by atoms with Crippen molar-refractivity contribution in [2.75, 3.05) is 26.8 Å². The number of halogens is 1. The molecule has 1 aromatic rings. The number of nitrogens with zero attached hydrogens (tertiary/aromatic N) is 2. The van der Waals surface area contributed by atoms with Crippen LogP contribution in [0.2, 0.25) is 5.02 Å². The van der Waals surface area contributed by atoms with Gasteiger partial charge in [-0.15, -0.1) is 0 Å². The maximum absolute atomic E-state index is 11.2. The molecule has 1 saturated heterocycles. The number of esters is 1. The molecule has 1 aliphatic heterocycles. The van der Waals surface area contributed by atoms with Crippen molar-refractivity contribution in [1.29, 1.82) is 0 Å². The molecule has 2 rings (SSSR count). The third kappa shape index (κ3) is 4.45. The second kappa shape index (κ2) is 6.84. The predicted octanol–water partition coefficient (Wildman–Crippen LogP) is 1.50. The zero-order chi connectivity index (χ0) is 13.7. The molecule has 0 bridgehead atoms. The van der Waals surface area contributed by atoms with Crippen molar-refractivity contribution in [2.24, 2.45) is 0 Å². The first-order valence-electron chi connectivity index (χ1n) is 6.18. The standard InChI is InChI=1S/C13H17ClN2O3/c1-18-13(17)7-12-9-16(4-5-19-12)8-11-6-10(14)2-3-15-11/h2-3,6,12H,4-5,7-9H2,1H3. The van der Waals surface area contributed by atoms with Crippen molar-refractivity contribution in [1.82, 2.24) is 9.88 Å². The monoisotopic (exact) mass is 284 g/mol. The molecule has 1 atom stereocenters. The van der Waals surface area contributed by atoms with Gasteiger partial charge in [-0.1, -0.05) is 11.6 Å². The van der Waals surface area contributed by atoms with Crippen LogP contribution in [0, 0.1) is 0 Å². The van der Waals surface area contributed by atoms with E-state index in [1.54, 1.807) is 12.3 Å². The van der Waals surface area contributed by atoms with E-state index in [9.17, 15) is 4.79 Å². The zero-order valence-electron chi connectivity index (χ0n) is 10.8. The molecule has 0 N–H and O–H groups in total. The molecule has 2 heterocycles. The quantitative estimate of drug-likeness (QED) is 0.784. The molecule has 6 heteroatoms. The van der Waals surface area contributed by atoms with E-state index in [2.05, 4.69) is 14.6 Å². The van der Waals surface area contributed by atoms with Gasteiger partial charge < -0.3 is 9.47 Å². The Morgan fingerprint density at radius 2 is 2.53 bits per heavy atom. The number of carbonyl (C=O) groups excluding carboxylic acids is 1. The third-order valence-corrected chi connectivity index (χ3v) is 3.24. The summed E-state index contributed by atoms with van der Waals surface area (Å²) in [6.45, 7) is 2.85. The summed E-state index contributed by atoms with van der Waals surface area (Å²) in [7, 11) is 1.39. The van der Waals surface area contributed by atoms with E-state index in [1.165, 1.54) is 7.11 Å². The molecule has 0 spiro atoms. The van der Waals surface area contributed by atoms with E-state index < -0.39 is 0 Å². The summed E-state index contributed by atoms with van der Waals surface area (Å²) in [4.78, 5) is 17.7. The van der Waals surface area contributed by atoms with Gasteiger partial charge in [0.25, 0.3) is 0 Å². The van der Waals surface area contributed by atoms with Gasteiger partial charge in [0.1, 0.15) is 0 Å². The summed E-state index contributed by atoms with van der Waals surface area (Å²) in [5.41, 5.74) is 0.922. The molecular weight excluding hydrogens is 268 g/mol. The summed E-state index contributed by atoms with van der Waals surface area (Å²) in [5, 5.41) is 0.685. The van der Waals surface area contributed by atoms with Crippen molar-refractivity contribution in [3.63, 3.8) is 0 Å². The molecule has 1 unspecified atom stereocenters. The number of ether oxygens (including phenoxy) is 2. The third-order valence-electron chi connectivity index (χ3n) is 3.01. The molecule has 0 aromatic carbocycles. The van der Waals surface area contributed by atoms with E-state index in [-0.39, 0.29) is 18.5 Å². The molecule has 0 aliphatic carbocycles. The molecule has 0 saturated carbocycles. The van der Waals surface area contributed by atoms with Gasteiger partial charge in [-0.05, 0) is 12.1 Å². The first-order valence-corrected chi connectivity index (χ1v) is 6.56. The summed E-state index contributed by atoms with van der Waals surface area (Å²) in [5.74, 6) is -0.243. The Bertz CT molecular complexity index is 442. The Morgan fingerprint density at radius 3 is 3.26 bits per heavy atom. The second-order valence-corrected chi connectivity index (χ2v) is 4.91. The number of pyridine rings is 1. The highest BCUT2D eigenvalue weighted by atomic mass is 35.5. The van der Waals surface area contributed by atoms with Crippen LogP contribution in [-0.2, 0) is 20.8 Å². The smallest absolute Gasteiger partial charge is 0.308 e. The van der Waals surface area contributed by atoms with Crippen LogP contribution in [0.3, 0.4) is 0 Å². The van der Waals surface area contributed by atoms with Crippen molar-refractivity contribution >= 4 is 17.6 Å². The lowest BCUT2D eigenvalue weighted by Gasteiger charge is -2.32. The van der Waals surface area contributed by atoms with Crippen LogP contribution in [0.4, 0.5) is 0 Å². The van der Waals surface area contributed by atoms with Crippen LogP contribution >= 0.6 is 11.6 Å². The molecule has 104 valence electrons. The lowest BCUT2D eigenvalue weighted by Crippen LogP contribution is -2.43. The zero-order valence-corrected chi connectivity index (χ0v) is 11.6. The predicted molar refractivity (Wildman–Crippen MR) is 70.9 cm³/mol. The largest absolute Gasteiger partial charge is 0.469 e. The number of rotatable bonds is 4. The molecule has 0 amide bonds. The highest BCUT2D eigenvalue weighted by Gasteiger charge is 2.23. The number of hydrogen-bond acceptors (Lipinski definition) is 5. The average molecular weight is 285 g/mol. The summed E-state index contributed by atoms with van der Waals surface area (Å²) in [6.07, 6.45) is 1.88. The van der Waals surface area contributed by atoms with Gasteiger partial charge in [-0.25, -0.2) is 0 Å². The normalized spacial score (nSPS) is 20.2. The van der Waals surface area contributed by atoms with Crippen LogP contribution in [-0.4, -0.2) is 48.8 Å². The van der Waals surface area contributed by atoms with E-state index in [1.807, 2.05) is 6.07 Å². The maximum Gasteiger partial charge on any atom is 0.308 e. The van der Waals surface area contributed by atoms with Crippen molar-refractivity contribution in [2.45, 2.75) is 19.1 Å². The molecule has 1 fully saturated rings. The van der Waals surface area contributed by atoms with Crippen LogP contribution in [0.25, 0.3) is 0 Å². The first kappa shape index (κ1) is 14.2. The van der Waals surface area contributed by atoms with Crippen molar-refractivity contribution in [3.05, 3.63) is 29.0 Å². The van der Waals surface area contributed by atoms with E-state index in [0.29, 0.717) is 24.7 Å². The fourth-order valence-electron chi connectivity index (χ4n) is 2.08. The Hall–Kier alpha value is -1.17. The van der Waals surface area contributed by atoms with Gasteiger partial charge in [0.15, 0.2) is 0 Å². The highest BCUT2D eigenvalue weighted by Crippen LogP contribution is 2.14. The van der Waals surface area contributed by atoms with Crippen LogP contribution in [0.1, 0.15) is 12.1 Å². The minimum absolute atomic E-state index is 0.111. The highest BCUT2D eigenvalue weighted by molar-refractivity contribution is 6.30. The van der Waals surface area contributed by atoms with Gasteiger partial charge in [-0.2, -0.15) is 0 Å². The fourth-order valence-corrected chi connectivity index (χ4v) is 2.26. The van der Waals surface area contributed by atoms with E-state index in [0.717, 1.165) is 12.2 Å².